The number of carboxylic acids is 1. The lowest BCUT2D eigenvalue weighted by Gasteiger charge is -2.27. The number of carboxylic acid groups (broad SMARTS) is 1. The van der Waals surface area contributed by atoms with Gasteiger partial charge in [-0.25, -0.2) is 4.79 Å². The molecule has 2 amide bonds. The summed E-state index contributed by atoms with van der Waals surface area (Å²) in [5, 5.41) is 11.7. The highest BCUT2D eigenvalue weighted by Gasteiger charge is 2.32. The Morgan fingerprint density at radius 3 is 2.31 bits per heavy atom. The Balaban J connectivity index is 1.24. The van der Waals surface area contributed by atoms with E-state index in [0.717, 1.165) is 6.42 Å². The number of hydrogen-bond acceptors (Lipinski definition) is 4. The van der Waals surface area contributed by atoms with E-state index in [0.29, 0.717) is 32.5 Å². The Kier molecular flexibility index (Phi) is 7.43. The van der Waals surface area contributed by atoms with Crippen LogP contribution in [0.1, 0.15) is 56.6 Å². The number of fused-ring (bicyclic) bond motifs is 3. The molecule has 0 saturated carbocycles. The number of aliphatic carboxylic acids is 1. The Morgan fingerprint density at radius 2 is 1.69 bits per heavy atom. The van der Waals surface area contributed by atoms with Crippen LogP contribution in [0.25, 0.3) is 11.1 Å². The van der Waals surface area contributed by atoms with Gasteiger partial charge in [-0.1, -0.05) is 62.4 Å². The molecule has 1 saturated heterocycles. The molecule has 2 aromatic carbocycles. The van der Waals surface area contributed by atoms with Gasteiger partial charge >= 0.3 is 12.1 Å². The smallest absolute Gasteiger partial charge is 0.407 e. The average molecular weight is 479 g/mol. The summed E-state index contributed by atoms with van der Waals surface area (Å²) < 4.78 is 5.61. The maximum absolute atomic E-state index is 12.8. The second-order valence-corrected chi connectivity index (χ2v) is 10.4. The Morgan fingerprint density at radius 1 is 1.06 bits per heavy atom. The number of ether oxygens (including phenoxy) is 1. The van der Waals surface area contributed by atoms with Crippen LogP contribution in [0.15, 0.2) is 48.5 Å². The molecule has 186 valence electrons. The second kappa shape index (κ2) is 10.5. The first-order valence-corrected chi connectivity index (χ1v) is 12.3. The largest absolute Gasteiger partial charge is 0.481 e. The van der Waals surface area contributed by atoms with Gasteiger partial charge in [0.15, 0.2) is 0 Å². The van der Waals surface area contributed by atoms with Crippen LogP contribution in [0, 0.1) is 11.3 Å². The second-order valence-electron chi connectivity index (χ2n) is 10.4. The molecule has 1 atom stereocenters. The molecule has 4 rings (SSSR count). The van der Waals surface area contributed by atoms with Gasteiger partial charge in [0.2, 0.25) is 5.91 Å². The fourth-order valence-electron chi connectivity index (χ4n) is 5.17. The van der Waals surface area contributed by atoms with Crippen LogP contribution in [0.2, 0.25) is 0 Å². The van der Waals surface area contributed by atoms with E-state index in [1.807, 2.05) is 43.0 Å². The Hall–Kier alpha value is -3.35. The van der Waals surface area contributed by atoms with Crippen LogP contribution in [-0.4, -0.2) is 54.2 Å². The van der Waals surface area contributed by atoms with E-state index < -0.39 is 17.5 Å². The van der Waals surface area contributed by atoms with Crippen LogP contribution in [0.3, 0.4) is 0 Å². The first kappa shape index (κ1) is 24.8. The quantitative estimate of drug-likeness (QED) is 0.547. The van der Waals surface area contributed by atoms with E-state index in [1.54, 1.807) is 0 Å². The number of hydrogen-bond donors (Lipinski definition) is 2. The van der Waals surface area contributed by atoms with Crippen LogP contribution < -0.4 is 5.32 Å². The predicted molar refractivity (Wildman–Crippen MR) is 133 cm³/mol. The summed E-state index contributed by atoms with van der Waals surface area (Å²) in [5.74, 6) is -0.499. The van der Waals surface area contributed by atoms with E-state index in [4.69, 9.17) is 9.84 Å². The number of rotatable bonds is 9. The molecule has 1 fully saturated rings. The lowest BCUT2D eigenvalue weighted by molar-refractivity contribution is -0.137. The number of carbonyl (C=O) groups excluding carboxylic acids is 2. The zero-order valence-electron chi connectivity index (χ0n) is 20.5. The van der Waals surface area contributed by atoms with Crippen LogP contribution >= 0.6 is 0 Å². The Bertz CT molecular complexity index is 1050. The molecular weight excluding hydrogens is 444 g/mol. The molecule has 1 aliphatic carbocycles. The first-order chi connectivity index (χ1) is 16.7. The standard InChI is InChI=1S/C28H34N2O5/c1-28(2,15-25(31)30-14-13-19(16-30)11-12-26(32)33)18-29-27(34)35-17-24-22-9-5-3-7-20(22)21-8-4-6-10-23(21)24/h3-10,19,24H,11-18H2,1-2H3,(H,29,34)(H,32,33). The monoisotopic (exact) mass is 478 g/mol. The van der Waals surface area contributed by atoms with Gasteiger partial charge in [-0.15, -0.1) is 0 Å². The van der Waals surface area contributed by atoms with Crippen molar-refractivity contribution in [3.8, 4) is 11.1 Å². The van der Waals surface area contributed by atoms with Gasteiger partial charge in [0.25, 0.3) is 0 Å². The van der Waals surface area contributed by atoms with Crippen molar-refractivity contribution in [2.45, 2.75) is 45.4 Å². The SMILES string of the molecule is CC(C)(CNC(=O)OCC1c2ccccc2-c2ccccc21)CC(=O)N1CCC(CCC(=O)O)C1. The minimum absolute atomic E-state index is 0.00646. The number of nitrogens with zero attached hydrogens (tertiary/aromatic N) is 1. The molecule has 2 aliphatic rings. The van der Waals surface area contributed by atoms with Gasteiger partial charge in [0.05, 0.1) is 0 Å². The maximum atomic E-state index is 12.8. The normalized spacial score (nSPS) is 17.1. The van der Waals surface area contributed by atoms with Crippen molar-refractivity contribution >= 4 is 18.0 Å². The Labute approximate surface area is 206 Å². The lowest BCUT2D eigenvalue weighted by atomic mass is 9.88. The molecule has 2 aromatic rings. The van der Waals surface area contributed by atoms with Crippen molar-refractivity contribution in [2.75, 3.05) is 26.2 Å². The number of carbonyl (C=O) groups is 3. The van der Waals surface area contributed by atoms with Crippen molar-refractivity contribution < 1.29 is 24.2 Å². The maximum Gasteiger partial charge on any atom is 0.407 e. The highest BCUT2D eigenvalue weighted by molar-refractivity contribution is 5.79. The molecule has 0 aromatic heterocycles. The zero-order valence-corrected chi connectivity index (χ0v) is 20.5. The third kappa shape index (κ3) is 6.02. The number of amides is 2. The molecule has 1 aliphatic heterocycles. The van der Waals surface area contributed by atoms with Crippen LogP contribution in [0.5, 0.6) is 0 Å². The van der Waals surface area contributed by atoms with Crippen molar-refractivity contribution in [3.05, 3.63) is 59.7 Å². The fraction of sp³-hybridized carbons (Fsp3) is 0.464. The third-order valence-corrected chi connectivity index (χ3v) is 7.09. The molecule has 7 nitrogen and oxygen atoms in total. The summed E-state index contributed by atoms with van der Waals surface area (Å²) in [6.07, 6.45) is 1.41. The van der Waals surface area contributed by atoms with Gasteiger partial charge in [0.1, 0.15) is 6.61 Å². The lowest BCUT2D eigenvalue weighted by Crippen LogP contribution is -2.39. The van der Waals surface area contributed by atoms with E-state index in [1.165, 1.54) is 22.3 Å². The summed E-state index contributed by atoms with van der Waals surface area (Å²) in [7, 11) is 0. The van der Waals surface area contributed by atoms with Gasteiger partial charge in [0, 0.05) is 38.4 Å². The minimum atomic E-state index is -0.796. The molecule has 1 heterocycles. The highest BCUT2D eigenvalue weighted by Crippen LogP contribution is 2.44. The third-order valence-electron chi connectivity index (χ3n) is 7.09. The number of benzene rings is 2. The molecule has 1 unspecified atom stereocenters. The molecule has 35 heavy (non-hydrogen) atoms. The molecule has 0 radical (unpaired) electrons. The fourth-order valence-corrected chi connectivity index (χ4v) is 5.17. The molecule has 0 spiro atoms. The van der Waals surface area contributed by atoms with Gasteiger partial charge < -0.3 is 20.1 Å². The molecule has 7 heteroatoms. The van der Waals surface area contributed by atoms with Crippen molar-refractivity contribution in [2.24, 2.45) is 11.3 Å². The topological polar surface area (TPSA) is 95.9 Å². The summed E-state index contributed by atoms with van der Waals surface area (Å²) in [4.78, 5) is 37.9. The zero-order chi connectivity index (χ0) is 25.0. The van der Waals surface area contributed by atoms with E-state index in [9.17, 15) is 14.4 Å². The average Bonchev–Trinajstić information content (AvgIpc) is 3.43. The predicted octanol–water partition coefficient (Wildman–Crippen LogP) is 4.65. The number of nitrogens with one attached hydrogen (secondary N) is 1. The van der Waals surface area contributed by atoms with E-state index in [-0.39, 0.29) is 30.8 Å². The first-order valence-electron chi connectivity index (χ1n) is 12.3. The minimum Gasteiger partial charge on any atom is -0.481 e. The summed E-state index contributed by atoms with van der Waals surface area (Å²) in [6.45, 7) is 5.76. The van der Waals surface area contributed by atoms with Gasteiger partial charge in [-0.3, -0.25) is 9.59 Å². The van der Waals surface area contributed by atoms with Gasteiger partial charge in [-0.05, 0) is 46.4 Å². The van der Waals surface area contributed by atoms with Crippen molar-refractivity contribution in [1.29, 1.82) is 0 Å². The summed E-state index contributed by atoms with van der Waals surface area (Å²) >= 11 is 0. The van der Waals surface area contributed by atoms with Crippen LogP contribution in [-0.2, 0) is 14.3 Å². The highest BCUT2D eigenvalue weighted by atomic mass is 16.5. The summed E-state index contributed by atoms with van der Waals surface area (Å²) in [6, 6.07) is 16.4. The van der Waals surface area contributed by atoms with E-state index in [2.05, 4.69) is 29.6 Å². The van der Waals surface area contributed by atoms with Crippen molar-refractivity contribution in [1.82, 2.24) is 10.2 Å². The molecule has 0 bridgehead atoms. The van der Waals surface area contributed by atoms with E-state index >= 15 is 0 Å². The number of alkyl carbamates (subject to hydrolysis) is 1. The molecule has 2 N–H and O–H groups in total. The molecular formula is C28H34N2O5. The number of likely N-dealkylation sites (tertiary alicyclic amines) is 1. The van der Waals surface area contributed by atoms with Crippen LogP contribution in [0.4, 0.5) is 4.79 Å². The van der Waals surface area contributed by atoms with Gasteiger partial charge in [-0.2, -0.15) is 0 Å². The van der Waals surface area contributed by atoms with Crippen molar-refractivity contribution in [3.63, 3.8) is 0 Å². The summed E-state index contributed by atoms with van der Waals surface area (Å²) in [5.41, 5.74) is 4.27.